The number of carbonyl (C=O) groups excluding carboxylic acids is 1. The highest BCUT2D eigenvalue weighted by Crippen LogP contribution is 2.11. The molecular formula is C10H11ClINO2. The maximum absolute atomic E-state index is 11.2. The molecule has 82 valence electrons. The van der Waals surface area contributed by atoms with Gasteiger partial charge in [-0.3, -0.25) is 5.32 Å². The van der Waals surface area contributed by atoms with Gasteiger partial charge in [0.05, 0.1) is 5.38 Å². The summed E-state index contributed by atoms with van der Waals surface area (Å²) in [6, 6.07) is 7.43. The molecule has 0 aliphatic rings. The van der Waals surface area contributed by atoms with Crippen LogP contribution in [0.25, 0.3) is 0 Å². The van der Waals surface area contributed by atoms with Crippen LogP contribution in [0, 0.1) is 3.57 Å². The molecule has 1 aromatic carbocycles. The normalized spacial score (nSPS) is 11.9. The topological polar surface area (TPSA) is 38.3 Å². The van der Waals surface area contributed by atoms with Gasteiger partial charge < -0.3 is 4.74 Å². The van der Waals surface area contributed by atoms with Gasteiger partial charge >= 0.3 is 6.09 Å². The third-order valence-corrected chi connectivity index (χ3v) is 2.38. The van der Waals surface area contributed by atoms with Crippen molar-refractivity contribution >= 4 is 46.0 Å². The molecule has 0 bridgehead atoms. The van der Waals surface area contributed by atoms with E-state index in [1.807, 2.05) is 24.3 Å². The quantitative estimate of drug-likeness (QED) is 0.676. The summed E-state index contributed by atoms with van der Waals surface area (Å²) in [7, 11) is 0. The van der Waals surface area contributed by atoms with Gasteiger partial charge in [0.2, 0.25) is 0 Å². The number of amides is 1. The smallest absolute Gasteiger partial charge is 0.411 e. The molecule has 1 amide bonds. The standard InChI is InChI=1S/C10H11ClINO2/c1-7(11)6-15-10(14)13-9-4-2-8(12)3-5-9/h2-5,7H,6H2,1H3,(H,13,14)/t7-/m1/s1. The molecule has 1 aromatic rings. The van der Waals surface area contributed by atoms with E-state index in [1.165, 1.54) is 0 Å². The maximum Gasteiger partial charge on any atom is 0.411 e. The highest BCUT2D eigenvalue weighted by atomic mass is 127. The second kappa shape index (κ2) is 6.17. The van der Waals surface area contributed by atoms with Crippen LogP contribution in [0.1, 0.15) is 6.92 Å². The summed E-state index contributed by atoms with van der Waals surface area (Å²) >= 11 is 7.83. The molecule has 0 aliphatic carbocycles. The van der Waals surface area contributed by atoms with Gasteiger partial charge in [0.1, 0.15) is 6.61 Å². The zero-order valence-corrected chi connectivity index (χ0v) is 11.1. The van der Waals surface area contributed by atoms with Gasteiger partial charge in [-0.15, -0.1) is 11.6 Å². The second-order valence-corrected chi connectivity index (χ2v) is 5.00. The lowest BCUT2D eigenvalue weighted by atomic mass is 10.3. The van der Waals surface area contributed by atoms with Gasteiger partial charge in [-0.25, -0.2) is 4.79 Å². The molecule has 0 spiro atoms. The summed E-state index contributed by atoms with van der Waals surface area (Å²) in [6.45, 7) is 1.97. The third kappa shape index (κ3) is 5.22. The summed E-state index contributed by atoms with van der Waals surface area (Å²) in [5, 5.41) is 2.43. The Morgan fingerprint density at radius 3 is 2.67 bits per heavy atom. The number of carbonyl (C=O) groups is 1. The Kier molecular flexibility index (Phi) is 5.17. The first-order chi connectivity index (χ1) is 7.08. The van der Waals surface area contributed by atoms with Gasteiger partial charge in [0.15, 0.2) is 0 Å². The molecule has 0 unspecified atom stereocenters. The van der Waals surface area contributed by atoms with E-state index in [4.69, 9.17) is 16.3 Å². The first-order valence-electron chi connectivity index (χ1n) is 4.41. The number of ether oxygens (including phenoxy) is 1. The van der Waals surface area contributed by atoms with Crippen LogP contribution in [0.2, 0.25) is 0 Å². The molecule has 0 heterocycles. The van der Waals surface area contributed by atoms with Crippen LogP contribution in [-0.2, 0) is 4.74 Å². The highest BCUT2D eigenvalue weighted by Gasteiger charge is 2.04. The average molecular weight is 340 g/mol. The van der Waals surface area contributed by atoms with Crippen molar-refractivity contribution in [2.45, 2.75) is 12.3 Å². The summed E-state index contributed by atoms with van der Waals surface area (Å²) < 4.78 is 5.97. The van der Waals surface area contributed by atoms with Crippen LogP contribution in [0.3, 0.4) is 0 Å². The number of hydrogen-bond donors (Lipinski definition) is 1. The number of hydrogen-bond acceptors (Lipinski definition) is 2. The van der Waals surface area contributed by atoms with Crippen molar-refractivity contribution in [2.24, 2.45) is 0 Å². The van der Waals surface area contributed by atoms with Crippen molar-refractivity contribution in [3.05, 3.63) is 27.8 Å². The lowest BCUT2D eigenvalue weighted by Gasteiger charge is -2.07. The summed E-state index contributed by atoms with van der Waals surface area (Å²) in [5.74, 6) is 0. The number of benzene rings is 1. The average Bonchev–Trinajstić information content (AvgIpc) is 2.19. The summed E-state index contributed by atoms with van der Waals surface area (Å²) in [6.07, 6.45) is -0.483. The van der Waals surface area contributed by atoms with Crippen LogP contribution in [0.15, 0.2) is 24.3 Å². The van der Waals surface area contributed by atoms with Crippen LogP contribution >= 0.6 is 34.2 Å². The number of alkyl halides is 1. The third-order valence-electron chi connectivity index (χ3n) is 1.53. The van der Waals surface area contributed by atoms with E-state index in [2.05, 4.69) is 27.9 Å². The summed E-state index contributed by atoms with van der Waals surface area (Å²) in [4.78, 5) is 11.2. The number of halogens is 2. The Morgan fingerprint density at radius 1 is 1.53 bits per heavy atom. The Bertz CT molecular complexity index is 327. The van der Waals surface area contributed by atoms with Gasteiger partial charge in [-0.2, -0.15) is 0 Å². The van der Waals surface area contributed by atoms with Crippen molar-refractivity contribution in [3.63, 3.8) is 0 Å². The van der Waals surface area contributed by atoms with E-state index < -0.39 is 6.09 Å². The molecule has 0 aromatic heterocycles. The maximum atomic E-state index is 11.2. The largest absolute Gasteiger partial charge is 0.448 e. The van der Waals surface area contributed by atoms with Crippen molar-refractivity contribution in [2.75, 3.05) is 11.9 Å². The van der Waals surface area contributed by atoms with Crippen molar-refractivity contribution in [1.29, 1.82) is 0 Å². The molecule has 0 saturated heterocycles. The van der Waals surface area contributed by atoms with Crippen LogP contribution in [0.5, 0.6) is 0 Å². The predicted molar refractivity (Wildman–Crippen MR) is 69.4 cm³/mol. The molecule has 0 fully saturated rings. The van der Waals surface area contributed by atoms with Gasteiger partial charge in [0, 0.05) is 9.26 Å². The van der Waals surface area contributed by atoms with E-state index in [-0.39, 0.29) is 12.0 Å². The fourth-order valence-electron chi connectivity index (χ4n) is 0.878. The van der Waals surface area contributed by atoms with Crippen molar-refractivity contribution in [1.82, 2.24) is 0 Å². The minimum atomic E-state index is -0.483. The Labute approximate surface area is 107 Å². The second-order valence-electron chi connectivity index (χ2n) is 3.01. The molecule has 0 aliphatic heterocycles. The molecule has 0 saturated carbocycles. The molecule has 1 rings (SSSR count). The zero-order valence-electron chi connectivity index (χ0n) is 8.17. The number of anilines is 1. The Morgan fingerprint density at radius 2 is 2.13 bits per heavy atom. The van der Waals surface area contributed by atoms with E-state index in [0.29, 0.717) is 5.69 Å². The van der Waals surface area contributed by atoms with E-state index in [1.54, 1.807) is 6.92 Å². The minimum Gasteiger partial charge on any atom is -0.448 e. The van der Waals surface area contributed by atoms with Crippen LogP contribution in [0.4, 0.5) is 10.5 Å². The van der Waals surface area contributed by atoms with E-state index in [9.17, 15) is 4.79 Å². The van der Waals surface area contributed by atoms with Crippen molar-refractivity contribution in [3.8, 4) is 0 Å². The lowest BCUT2D eigenvalue weighted by molar-refractivity contribution is 0.162. The predicted octanol–water partition coefficient (Wildman–Crippen LogP) is 3.47. The van der Waals surface area contributed by atoms with Gasteiger partial charge in [0.25, 0.3) is 0 Å². The van der Waals surface area contributed by atoms with Crippen molar-refractivity contribution < 1.29 is 9.53 Å². The van der Waals surface area contributed by atoms with Gasteiger partial charge in [-0.1, -0.05) is 0 Å². The lowest BCUT2D eigenvalue weighted by Crippen LogP contribution is -2.17. The molecule has 15 heavy (non-hydrogen) atoms. The molecule has 3 nitrogen and oxygen atoms in total. The Balaban J connectivity index is 2.41. The molecule has 5 heteroatoms. The van der Waals surface area contributed by atoms with Crippen LogP contribution in [-0.4, -0.2) is 18.1 Å². The first kappa shape index (κ1) is 12.6. The highest BCUT2D eigenvalue weighted by molar-refractivity contribution is 14.1. The number of rotatable bonds is 3. The fraction of sp³-hybridized carbons (Fsp3) is 0.300. The molecule has 0 radical (unpaired) electrons. The minimum absolute atomic E-state index is 0.174. The monoisotopic (exact) mass is 339 g/mol. The fourth-order valence-corrected chi connectivity index (χ4v) is 1.30. The zero-order chi connectivity index (χ0) is 11.3. The molecular weight excluding hydrogens is 328 g/mol. The molecule has 1 atom stereocenters. The Hall–Kier alpha value is -0.490. The summed E-state index contributed by atoms with van der Waals surface area (Å²) in [5.41, 5.74) is 0.711. The van der Waals surface area contributed by atoms with Gasteiger partial charge in [-0.05, 0) is 53.8 Å². The van der Waals surface area contributed by atoms with E-state index in [0.717, 1.165) is 3.57 Å². The van der Waals surface area contributed by atoms with Crippen LogP contribution < -0.4 is 5.32 Å². The molecule has 1 N–H and O–H groups in total. The van der Waals surface area contributed by atoms with E-state index >= 15 is 0 Å². The first-order valence-corrected chi connectivity index (χ1v) is 5.93. The SMILES string of the molecule is C[C@@H](Cl)COC(=O)Nc1ccc(I)cc1. The number of nitrogens with one attached hydrogen (secondary N) is 1.